The second-order valence-corrected chi connectivity index (χ2v) is 7.36. The fourth-order valence-corrected chi connectivity index (χ4v) is 4.27. The molecule has 1 saturated heterocycles. The first-order valence-corrected chi connectivity index (χ1v) is 9.02. The van der Waals surface area contributed by atoms with E-state index < -0.39 is 11.4 Å². The highest BCUT2D eigenvalue weighted by Crippen LogP contribution is 2.38. The maximum atomic E-state index is 11.8. The first-order valence-electron chi connectivity index (χ1n) is 7.81. The van der Waals surface area contributed by atoms with Crippen LogP contribution in [0.3, 0.4) is 0 Å². The SMILES string of the molecule is Cc1cccc2c1OCC2Oc1ccc(C2CC(=O)N[S+]2[O-])cc1. The van der Waals surface area contributed by atoms with Crippen LogP contribution in [-0.2, 0) is 16.2 Å². The molecule has 3 unspecified atom stereocenters. The molecule has 24 heavy (non-hydrogen) atoms. The maximum Gasteiger partial charge on any atom is 0.266 e. The van der Waals surface area contributed by atoms with E-state index >= 15 is 0 Å². The molecular weight excluding hydrogens is 326 g/mol. The Morgan fingerprint density at radius 3 is 2.75 bits per heavy atom. The van der Waals surface area contributed by atoms with E-state index in [1.165, 1.54) is 0 Å². The molecule has 2 aliphatic rings. The minimum absolute atomic E-state index is 0.130. The average molecular weight is 343 g/mol. The van der Waals surface area contributed by atoms with Gasteiger partial charge < -0.3 is 14.0 Å². The van der Waals surface area contributed by atoms with E-state index in [9.17, 15) is 9.35 Å². The van der Waals surface area contributed by atoms with Crippen molar-refractivity contribution in [2.45, 2.75) is 24.7 Å². The summed E-state index contributed by atoms with van der Waals surface area (Å²) < 4.78 is 26.1. The van der Waals surface area contributed by atoms with Crippen molar-refractivity contribution in [1.82, 2.24) is 4.72 Å². The highest BCUT2D eigenvalue weighted by molar-refractivity contribution is 7.90. The Bertz CT molecular complexity index is 777. The highest BCUT2D eigenvalue weighted by atomic mass is 32.2. The molecule has 0 spiro atoms. The van der Waals surface area contributed by atoms with Crippen LogP contribution in [0.1, 0.15) is 34.5 Å². The number of amides is 1. The minimum atomic E-state index is -1.35. The molecule has 2 aromatic carbocycles. The zero-order valence-corrected chi connectivity index (χ0v) is 14.0. The third kappa shape index (κ3) is 2.72. The Hall–Kier alpha value is -2.18. The lowest BCUT2D eigenvalue weighted by atomic mass is 10.1. The second-order valence-electron chi connectivity index (χ2n) is 6.00. The second kappa shape index (κ2) is 6.03. The van der Waals surface area contributed by atoms with Crippen LogP contribution < -0.4 is 14.2 Å². The van der Waals surface area contributed by atoms with Crippen LogP contribution in [0, 0.1) is 6.92 Å². The molecule has 1 N–H and O–H groups in total. The third-order valence-electron chi connectivity index (χ3n) is 4.34. The van der Waals surface area contributed by atoms with Crippen molar-refractivity contribution in [3.05, 3.63) is 59.2 Å². The summed E-state index contributed by atoms with van der Waals surface area (Å²) >= 11 is -1.35. The van der Waals surface area contributed by atoms with Crippen molar-refractivity contribution in [2.24, 2.45) is 0 Å². The Balaban J connectivity index is 1.49. The molecule has 2 aliphatic heterocycles. The van der Waals surface area contributed by atoms with Gasteiger partial charge in [0.2, 0.25) is 0 Å². The van der Waals surface area contributed by atoms with Crippen LogP contribution in [0.15, 0.2) is 42.5 Å². The summed E-state index contributed by atoms with van der Waals surface area (Å²) in [4.78, 5) is 11.3. The van der Waals surface area contributed by atoms with Crippen molar-refractivity contribution < 1.29 is 18.8 Å². The molecule has 5 nitrogen and oxygen atoms in total. The van der Waals surface area contributed by atoms with Gasteiger partial charge in [-0.15, -0.1) is 0 Å². The summed E-state index contributed by atoms with van der Waals surface area (Å²) in [6.45, 7) is 2.51. The van der Waals surface area contributed by atoms with E-state index in [-0.39, 0.29) is 23.7 Å². The van der Waals surface area contributed by atoms with Crippen LogP contribution in [-0.4, -0.2) is 17.1 Å². The van der Waals surface area contributed by atoms with Gasteiger partial charge >= 0.3 is 0 Å². The zero-order valence-electron chi connectivity index (χ0n) is 13.2. The van der Waals surface area contributed by atoms with E-state index in [2.05, 4.69) is 4.72 Å². The largest absolute Gasteiger partial charge is 0.593 e. The number of para-hydroxylation sites is 1. The van der Waals surface area contributed by atoms with Gasteiger partial charge in [0.25, 0.3) is 5.91 Å². The summed E-state index contributed by atoms with van der Waals surface area (Å²) in [5, 5.41) is -0.287. The fourth-order valence-electron chi connectivity index (χ4n) is 3.11. The van der Waals surface area contributed by atoms with Crippen molar-refractivity contribution in [2.75, 3.05) is 6.61 Å². The molecule has 4 rings (SSSR count). The highest BCUT2D eigenvalue weighted by Gasteiger charge is 2.37. The van der Waals surface area contributed by atoms with Gasteiger partial charge in [-0.05, 0) is 24.6 Å². The predicted molar refractivity (Wildman–Crippen MR) is 90.1 cm³/mol. The molecule has 124 valence electrons. The number of hydrogen-bond acceptors (Lipinski definition) is 4. The van der Waals surface area contributed by atoms with Gasteiger partial charge in [0.1, 0.15) is 18.1 Å². The fraction of sp³-hybridized carbons (Fsp3) is 0.278. The van der Waals surface area contributed by atoms with Gasteiger partial charge in [-0.3, -0.25) is 4.79 Å². The van der Waals surface area contributed by atoms with Crippen LogP contribution in [0.4, 0.5) is 0 Å². The van der Waals surface area contributed by atoms with Gasteiger partial charge in [0, 0.05) is 11.1 Å². The smallest absolute Gasteiger partial charge is 0.266 e. The standard InChI is InChI=1S/C18H17NO4S/c1-11-3-2-4-14-15(10-22-18(11)14)23-13-7-5-12(6-8-13)16-9-17(20)19-24(16)21/h2-8,15-16H,9-10H2,1H3,(H,19,20). The van der Waals surface area contributed by atoms with Gasteiger partial charge in [-0.2, -0.15) is 4.72 Å². The number of carbonyl (C=O) groups excluding carboxylic acids is 1. The topological polar surface area (TPSA) is 70.6 Å². The lowest BCUT2D eigenvalue weighted by molar-refractivity contribution is -0.118. The van der Waals surface area contributed by atoms with Crippen LogP contribution >= 0.6 is 0 Å². The number of benzene rings is 2. The van der Waals surface area contributed by atoms with Gasteiger partial charge in [0.05, 0.1) is 17.8 Å². The van der Waals surface area contributed by atoms with E-state index in [1.807, 2.05) is 49.4 Å². The van der Waals surface area contributed by atoms with E-state index in [0.717, 1.165) is 28.2 Å². The van der Waals surface area contributed by atoms with Crippen molar-refractivity contribution in [1.29, 1.82) is 0 Å². The Morgan fingerprint density at radius 1 is 1.25 bits per heavy atom. The molecule has 0 aliphatic carbocycles. The summed E-state index contributed by atoms with van der Waals surface area (Å²) in [5.41, 5.74) is 3.04. The molecule has 0 bridgehead atoms. The number of aryl methyl sites for hydroxylation is 1. The molecule has 1 amide bonds. The van der Waals surface area contributed by atoms with Crippen LogP contribution in [0.2, 0.25) is 0 Å². The van der Waals surface area contributed by atoms with Crippen LogP contribution in [0.5, 0.6) is 11.5 Å². The molecular formula is C18H17NO4S. The first kappa shape index (κ1) is 15.4. The number of hydrogen-bond donors (Lipinski definition) is 1. The Kier molecular flexibility index (Phi) is 3.86. The number of rotatable bonds is 3. The molecule has 2 heterocycles. The van der Waals surface area contributed by atoms with Gasteiger partial charge in [-0.25, -0.2) is 0 Å². The molecule has 3 atom stereocenters. The molecule has 2 aromatic rings. The Morgan fingerprint density at radius 2 is 2.04 bits per heavy atom. The molecule has 0 radical (unpaired) electrons. The van der Waals surface area contributed by atoms with E-state index in [4.69, 9.17) is 9.47 Å². The zero-order chi connectivity index (χ0) is 16.7. The summed E-state index contributed by atoms with van der Waals surface area (Å²) in [6.07, 6.45) is 0.130. The van der Waals surface area contributed by atoms with Gasteiger partial charge in [-0.1, -0.05) is 30.3 Å². The maximum absolute atomic E-state index is 11.8. The molecule has 6 heteroatoms. The number of nitrogens with one attached hydrogen (secondary N) is 1. The minimum Gasteiger partial charge on any atom is -0.593 e. The van der Waals surface area contributed by atoms with Crippen molar-refractivity contribution in [3.8, 4) is 11.5 Å². The summed E-state index contributed by atoms with van der Waals surface area (Å²) in [7, 11) is 0. The van der Waals surface area contributed by atoms with Gasteiger partial charge in [0.15, 0.2) is 11.4 Å². The quantitative estimate of drug-likeness (QED) is 0.870. The number of carbonyl (C=O) groups is 1. The third-order valence-corrected chi connectivity index (χ3v) is 5.73. The summed E-state index contributed by atoms with van der Waals surface area (Å²) in [5.74, 6) is 1.46. The van der Waals surface area contributed by atoms with E-state index in [0.29, 0.717) is 6.61 Å². The lowest BCUT2D eigenvalue weighted by Crippen LogP contribution is -2.21. The summed E-state index contributed by atoms with van der Waals surface area (Å²) in [6, 6.07) is 13.5. The predicted octanol–water partition coefficient (Wildman–Crippen LogP) is 2.73. The Labute approximate surface area is 143 Å². The van der Waals surface area contributed by atoms with Crippen molar-refractivity contribution >= 4 is 17.3 Å². The number of ether oxygens (including phenoxy) is 2. The van der Waals surface area contributed by atoms with E-state index in [1.54, 1.807) is 0 Å². The monoisotopic (exact) mass is 343 g/mol. The van der Waals surface area contributed by atoms with Crippen molar-refractivity contribution in [3.63, 3.8) is 0 Å². The molecule has 0 saturated carbocycles. The normalized spacial score (nSPS) is 25.1. The average Bonchev–Trinajstić information content (AvgIpc) is 3.12. The van der Waals surface area contributed by atoms with Crippen LogP contribution in [0.25, 0.3) is 0 Å². The molecule has 0 aromatic heterocycles. The number of fused-ring (bicyclic) bond motifs is 1. The lowest BCUT2D eigenvalue weighted by Gasteiger charge is -2.15. The molecule has 1 fully saturated rings. The first-order chi connectivity index (χ1) is 11.6.